The van der Waals surface area contributed by atoms with Gasteiger partial charge >= 0.3 is 24.7 Å². The van der Waals surface area contributed by atoms with Crippen LogP contribution in [-0.2, 0) is 33.8 Å². The SMILES string of the molecule is O=P(c1cccc(C(F)(F)F)c1)(c1cccc(C(F)(F)F)c1)c1ccc2ccccc2c1-c1c(P(=O)(c2cccc(C(F)(F)F)c2)c2cccc(C(F)(F)F)c2)ccc2ccccc12. The van der Waals surface area contributed by atoms with Gasteiger partial charge in [-0.05, 0) is 82.2 Å². The molecule has 2 nitrogen and oxygen atoms in total. The molecule has 64 heavy (non-hydrogen) atoms. The Bertz CT molecular complexity index is 2870. The van der Waals surface area contributed by atoms with Crippen molar-refractivity contribution in [2.24, 2.45) is 0 Å². The third kappa shape index (κ3) is 7.91. The predicted molar refractivity (Wildman–Crippen MR) is 226 cm³/mol. The zero-order chi connectivity index (χ0) is 46.0. The van der Waals surface area contributed by atoms with Gasteiger partial charge in [0.15, 0.2) is 14.3 Å². The van der Waals surface area contributed by atoms with Crippen LogP contribution in [0, 0.1) is 0 Å². The number of fused-ring (bicyclic) bond motifs is 2. The maximum absolute atomic E-state index is 16.5. The topological polar surface area (TPSA) is 34.1 Å². The quantitative estimate of drug-likeness (QED) is 0.118. The first-order valence-corrected chi connectivity index (χ1v) is 22.4. The average molecular weight is 927 g/mol. The maximum atomic E-state index is 16.5. The molecular formula is C48H28F12O2P2. The Labute approximate surface area is 356 Å². The first-order chi connectivity index (χ1) is 30.0. The Kier molecular flexibility index (Phi) is 11.0. The highest BCUT2D eigenvalue weighted by Gasteiger charge is 2.43. The number of hydrogen-bond donors (Lipinski definition) is 0. The van der Waals surface area contributed by atoms with Crippen LogP contribution in [0.3, 0.4) is 0 Å². The van der Waals surface area contributed by atoms with E-state index in [0.29, 0.717) is 59.3 Å². The molecule has 0 aliphatic heterocycles. The Balaban J connectivity index is 1.60. The highest BCUT2D eigenvalue weighted by atomic mass is 31.2. The molecule has 326 valence electrons. The van der Waals surface area contributed by atoms with Gasteiger partial charge in [-0.3, -0.25) is 0 Å². The molecule has 8 rings (SSSR count). The van der Waals surface area contributed by atoms with Crippen LogP contribution in [0.25, 0.3) is 32.7 Å². The van der Waals surface area contributed by atoms with Crippen LogP contribution in [0.5, 0.6) is 0 Å². The average Bonchev–Trinajstić information content (AvgIpc) is 3.27. The highest BCUT2D eigenvalue weighted by molar-refractivity contribution is 7.86. The molecule has 0 N–H and O–H groups in total. The fourth-order valence-electron chi connectivity index (χ4n) is 7.94. The molecule has 8 aromatic rings. The summed E-state index contributed by atoms with van der Waals surface area (Å²) in [5.41, 5.74) is -5.45. The fourth-order valence-corrected chi connectivity index (χ4v) is 13.8. The molecule has 0 aliphatic rings. The van der Waals surface area contributed by atoms with Gasteiger partial charge in [0.2, 0.25) is 0 Å². The van der Waals surface area contributed by atoms with Crippen LogP contribution in [0.4, 0.5) is 52.7 Å². The number of benzene rings is 8. The summed E-state index contributed by atoms with van der Waals surface area (Å²) >= 11 is 0. The van der Waals surface area contributed by atoms with Crippen molar-refractivity contribution in [1.82, 2.24) is 0 Å². The monoisotopic (exact) mass is 926 g/mol. The van der Waals surface area contributed by atoms with Gasteiger partial charge < -0.3 is 9.13 Å². The van der Waals surface area contributed by atoms with E-state index in [1.54, 1.807) is 24.3 Å². The molecule has 0 bridgehead atoms. The van der Waals surface area contributed by atoms with Gasteiger partial charge in [0, 0.05) is 43.0 Å². The molecule has 0 aliphatic carbocycles. The van der Waals surface area contributed by atoms with E-state index < -0.39 is 82.5 Å². The summed E-state index contributed by atoms with van der Waals surface area (Å²) in [6, 6.07) is 30.8. The van der Waals surface area contributed by atoms with Crippen LogP contribution in [-0.4, -0.2) is 0 Å². The first-order valence-electron chi connectivity index (χ1n) is 19.0. The van der Waals surface area contributed by atoms with Gasteiger partial charge in [-0.15, -0.1) is 0 Å². The normalized spacial score (nSPS) is 13.1. The minimum absolute atomic E-state index is 0.151. The van der Waals surface area contributed by atoms with Crippen molar-refractivity contribution >= 4 is 67.7 Å². The van der Waals surface area contributed by atoms with Crippen molar-refractivity contribution in [3.05, 3.63) is 192 Å². The summed E-state index contributed by atoms with van der Waals surface area (Å²) in [7, 11) is -10.0. The van der Waals surface area contributed by atoms with E-state index in [-0.39, 0.29) is 32.5 Å². The van der Waals surface area contributed by atoms with Crippen molar-refractivity contribution in [1.29, 1.82) is 0 Å². The van der Waals surface area contributed by atoms with E-state index in [1.807, 2.05) is 0 Å². The van der Waals surface area contributed by atoms with Crippen LogP contribution < -0.4 is 31.8 Å². The van der Waals surface area contributed by atoms with Crippen molar-refractivity contribution in [2.75, 3.05) is 0 Å². The Morgan fingerprint density at radius 2 is 0.562 bits per heavy atom. The van der Waals surface area contributed by atoms with E-state index in [1.165, 1.54) is 48.5 Å². The van der Waals surface area contributed by atoms with Crippen LogP contribution in [0.1, 0.15) is 22.3 Å². The van der Waals surface area contributed by atoms with Crippen molar-refractivity contribution in [2.45, 2.75) is 24.7 Å². The molecule has 0 saturated carbocycles. The lowest BCUT2D eigenvalue weighted by Crippen LogP contribution is -2.31. The molecule has 0 atom stereocenters. The van der Waals surface area contributed by atoms with E-state index in [2.05, 4.69) is 0 Å². The molecule has 0 radical (unpaired) electrons. The first kappa shape index (κ1) is 44.5. The van der Waals surface area contributed by atoms with Gasteiger partial charge in [0.25, 0.3) is 0 Å². The summed E-state index contributed by atoms with van der Waals surface area (Å²) < 4.78 is 206. The van der Waals surface area contributed by atoms with Gasteiger partial charge in [0.05, 0.1) is 22.3 Å². The zero-order valence-electron chi connectivity index (χ0n) is 32.4. The highest BCUT2D eigenvalue weighted by Crippen LogP contribution is 2.53. The number of alkyl halides is 12. The van der Waals surface area contributed by atoms with E-state index in [4.69, 9.17) is 0 Å². The summed E-state index contributed by atoms with van der Waals surface area (Å²) in [6.07, 6.45) is -20.1. The van der Waals surface area contributed by atoms with Crippen molar-refractivity contribution in [3.8, 4) is 11.1 Å². The molecule has 0 heterocycles. The molecule has 0 fully saturated rings. The minimum atomic E-state index is -5.02. The van der Waals surface area contributed by atoms with Crippen LogP contribution in [0.15, 0.2) is 170 Å². The van der Waals surface area contributed by atoms with Crippen molar-refractivity contribution < 1.29 is 61.8 Å². The lowest BCUT2D eigenvalue weighted by Gasteiger charge is -2.29. The third-order valence-corrected chi connectivity index (χ3v) is 17.0. The van der Waals surface area contributed by atoms with Gasteiger partial charge in [-0.25, -0.2) is 0 Å². The van der Waals surface area contributed by atoms with Gasteiger partial charge in [-0.2, -0.15) is 52.7 Å². The summed E-state index contributed by atoms with van der Waals surface area (Å²) in [6.45, 7) is 0. The molecule has 0 aromatic heterocycles. The molecule has 16 heteroatoms. The molecule has 8 aromatic carbocycles. The fraction of sp³-hybridized carbons (Fsp3) is 0.0833. The van der Waals surface area contributed by atoms with E-state index in [0.717, 1.165) is 48.5 Å². The molecule has 0 spiro atoms. The molecule has 0 saturated heterocycles. The lowest BCUT2D eigenvalue weighted by atomic mass is 9.93. The smallest absolute Gasteiger partial charge is 0.309 e. The largest absolute Gasteiger partial charge is 0.416 e. The number of halogens is 12. The molecular weight excluding hydrogens is 898 g/mol. The Hall–Kier alpha value is -6.10. The standard InChI is InChI=1S/C48H28F12O2P2/c49-45(50,51)31-11-5-15-35(25-31)63(61,36-16-6-12-32(26-36)46(52,53)54)41-23-21-29-9-1-3-19-39(29)43(41)44-40-20-4-2-10-30(40)22-24-42(44)64(62,37-17-7-13-33(27-37)47(55,56)57)38-18-8-14-34(28-38)48(58,59)60/h1-28H. The van der Waals surface area contributed by atoms with Gasteiger partial charge in [-0.1, -0.05) is 109 Å². The van der Waals surface area contributed by atoms with E-state index >= 15 is 9.13 Å². The van der Waals surface area contributed by atoms with Crippen LogP contribution >= 0.6 is 14.3 Å². The lowest BCUT2D eigenvalue weighted by molar-refractivity contribution is -0.138. The summed E-state index contributed by atoms with van der Waals surface area (Å²) in [4.78, 5) is 0. The Morgan fingerprint density at radius 1 is 0.297 bits per heavy atom. The third-order valence-electron chi connectivity index (χ3n) is 10.9. The second-order valence-corrected chi connectivity index (χ2v) is 20.2. The van der Waals surface area contributed by atoms with Crippen molar-refractivity contribution in [3.63, 3.8) is 0 Å². The molecule has 0 amide bonds. The maximum Gasteiger partial charge on any atom is 0.416 e. The number of hydrogen-bond acceptors (Lipinski definition) is 2. The second kappa shape index (κ2) is 15.9. The molecule has 0 unspecified atom stereocenters. The minimum Gasteiger partial charge on any atom is -0.309 e. The second-order valence-electron chi connectivity index (χ2n) is 14.8. The predicted octanol–water partition coefficient (Wildman–Crippen LogP) is 13.0. The number of rotatable bonds is 7. The summed E-state index contributed by atoms with van der Waals surface area (Å²) in [5.74, 6) is 0. The Morgan fingerprint density at radius 3 is 0.828 bits per heavy atom. The van der Waals surface area contributed by atoms with E-state index in [9.17, 15) is 52.7 Å². The summed E-state index contributed by atoms with van der Waals surface area (Å²) in [5, 5.41) is -1.88. The zero-order valence-corrected chi connectivity index (χ0v) is 34.2. The van der Waals surface area contributed by atoms with Crippen LogP contribution in [0.2, 0.25) is 0 Å². The van der Waals surface area contributed by atoms with Gasteiger partial charge in [0.1, 0.15) is 0 Å².